The quantitative estimate of drug-likeness (QED) is 0.771. The minimum absolute atomic E-state index is 0.0984. The minimum atomic E-state index is -3.83. The van der Waals surface area contributed by atoms with E-state index in [4.69, 9.17) is 8.92 Å². The Bertz CT molecular complexity index is 842. The summed E-state index contributed by atoms with van der Waals surface area (Å²) in [4.78, 5) is 14.9. The molecule has 1 aromatic heterocycles. The molecule has 2 aromatic rings. The van der Waals surface area contributed by atoms with Crippen LogP contribution in [-0.2, 0) is 20.8 Å². The van der Waals surface area contributed by atoms with Crippen molar-refractivity contribution in [1.29, 1.82) is 0 Å². The Morgan fingerprint density at radius 1 is 1.32 bits per heavy atom. The highest BCUT2D eigenvalue weighted by atomic mass is 32.2. The summed E-state index contributed by atoms with van der Waals surface area (Å²) in [6.45, 7) is 2.11. The van der Waals surface area contributed by atoms with Gasteiger partial charge >= 0.3 is 0 Å². The van der Waals surface area contributed by atoms with Crippen LogP contribution in [0.25, 0.3) is 0 Å². The first-order chi connectivity index (χ1) is 10.4. The van der Waals surface area contributed by atoms with Gasteiger partial charge in [0, 0.05) is 12.3 Å². The highest BCUT2D eigenvalue weighted by molar-refractivity contribution is 7.86. The molecule has 22 heavy (non-hydrogen) atoms. The highest BCUT2D eigenvalue weighted by Crippen LogP contribution is 2.19. The normalized spacial score (nSPS) is 17.0. The van der Waals surface area contributed by atoms with Crippen LogP contribution in [0.5, 0.6) is 6.01 Å². The summed E-state index contributed by atoms with van der Waals surface area (Å²) in [5.74, 6) is 0. The van der Waals surface area contributed by atoms with Crippen LogP contribution in [0.3, 0.4) is 0 Å². The van der Waals surface area contributed by atoms with E-state index in [1.165, 1.54) is 18.2 Å². The molecule has 0 spiro atoms. The Morgan fingerprint density at radius 2 is 2.05 bits per heavy atom. The molecule has 1 unspecified atom stereocenters. The summed E-state index contributed by atoms with van der Waals surface area (Å²) in [6.07, 6.45) is 1.05. The van der Waals surface area contributed by atoms with E-state index in [2.05, 4.69) is 4.98 Å². The summed E-state index contributed by atoms with van der Waals surface area (Å²) >= 11 is 0. The van der Waals surface area contributed by atoms with Gasteiger partial charge in [0.05, 0.1) is 11.4 Å². The van der Waals surface area contributed by atoms with E-state index < -0.39 is 21.8 Å². The SMILES string of the molecule is Cc1ccc(S(=O)(=O)OCC2Cn3ccc(=O)nc3O2)cc1. The average Bonchev–Trinajstić information content (AvgIpc) is 2.88. The van der Waals surface area contributed by atoms with Gasteiger partial charge in [0.2, 0.25) is 0 Å². The largest absolute Gasteiger partial charge is 0.457 e. The zero-order chi connectivity index (χ0) is 15.7. The van der Waals surface area contributed by atoms with Crippen molar-refractivity contribution in [1.82, 2.24) is 9.55 Å². The molecule has 0 aliphatic carbocycles. The third kappa shape index (κ3) is 3.02. The molecular formula is C14H14N2O5S. The fourth-order valence-electron chi connectivity index (χ4n) is 2.08. The monoisotopic (exact) mass is 322 g/mol. The maximum absolute atomic E-state index is 12.1. The molecule has 7 nitrogen and oxygen atoms in total. The van der Waals surface area contributed by atoms with Crippen LogP contribution >= 0.6 is 0 Å². The molecule has 1 aromatic carbocycles. The molecule has 1 aliphatic rings. The Kier molecular flexibility index (Phi) is 3.71. The zero-order valence-electron chi connectivity index (χ0n) is 11.8. The van der Waals surface area contributed by atoms with E-state index in [-0.39, 0.29) is 17.5 Å². The summed E-state index contributed by atoms with van der Waals surface area (Å²) < 4.78 is 36.2. The van der Waals surface area contributed by atoms with E-state index in [1.54, 1.807) is 22.9 Å². The Hall–Kier alpha value is -2.19. The molecule has 1 aliphatic heterocycles. The maximum atomic E-state index is 12.1. The van der Waals surface area contributed by atoms with E-state index in [1.807, 2.05) is 6.92 Å². The topological polar surface area (TPSA) is 87.5 Å². The molecular weight excluding hydrogens is 308 g/mol. The maximum Gasteiger partial charge on any atom is 0.300 e. The lowest BCUT2D eigenvalue weighted by atomic mass is 10.2. The zero-order valence-corrected chi connectivity index (χ0v) is 12.6. The van der Waals surface area contributed by atoms with Gasteiger partial charge in [-0.05, 0) is 19.1 Å². The van der Waals surface area contributed by atoms with Crippen LogP contribution < -0.4 is 10.3 Å². The van der Waals surface area contributed by atoms with Crippen molar-refractivity contribution in [2.75, 3.05) is 6.61 Å². The first-order valence-corrected chi connectivity index (χ1v) is 8.05. The molecule has 8 heteroatoms. The lowest BCUT2D eigenvalue weighted by molar-refractivity contribution is 0.147. The predicted octanol–water partition coefficient (Wildman–Crippen LogP) is 0.718. The lowest BCUT2D eigenvalue weighted by Crippen LogP contribution is -2.23. The molecule has 3 rings (SSSR count). The van der Waals surface area contributed by atoms with Gasteiger partial charge in [-0.25, -0.2) is 0 Å². The first-order valence-electron chi connectivity index (χ1n) is 6.64. The number of fused-ring (bicyclic) bond motifs is 1. The van der Waals surface area contributed by atoms with Crippen molar-refractivity contribution in [3.8, 4) is 6.01 Å². The van der Waals surface area contributed by atoms with Crippen molar-refractivity contribution in [2.24, 2.45) is 0 Å². The Morgan fingerprint density at radius 3 is 2.77 bits per heavy atom. The van der Waals surface area contributed by atoms with Gasteiger partial charge in [-0.15, -0.1) is 0 Å². The minimum Gasteiger partial charge on any atom is -0.457 e. The molecule has 0 amide bonds. The lowest BCUT2D eigenvalue weighted by Gasteiger charge is -2.10. The fraction of sp³-hybridized carbons (Fsp3) is 0.286. The molecule has 1 atom stereocenters. The van der Waals surface area contributed by atoms with Gasteiger partial charge in [0.25, 0.3) is 21.7 Å². The second-order valence-corrected chi connectivity index (χ2v) is 6.61. The Labute approximate surface area is 127 Å². The molecule has 116 valence electrons. The third-order valence-corrected chi connectivity index (χ3v) is 4.54. The van der Waals surface area contributed by atoms with Crippen molar-refractivity contribution < 1.29 is 17.3 Å². The van der Waals surface area contributed by atoms with Crippen LogP contribution in [0.4, 0.5) is 0 Å². The summed E-state index contributed by atoms with van der Waals surface area (Å²) in [5.41, 5.74) is 0.560. The second-order valence-electron chi connectivity index (χ2n) is 4.99. The van der Waals surface area contributed by atoms with Gasteiger partial charge in [-0.1, -0.05) is 17.7 Å². The van der Waals surface area contributed by atoms with Crippen LogP contribution in [0, 0.1) is 6.92 Å². The van der Waals surface area contributed by atoms with Gasteiger partial charge < -0.3 is 4.74 Å². The average molecular weight is 322 g/mol. The van der Waals surface area contributed by atoms with Crippen LogP contribution in [0.15, 0.2) is 46.2 Å². The van der Waals surface area contributed by atoms with Crippen molar-refractivity contribution in [2.45, 2.75) is 24.5 Å². The van der Waals surface area contributed by atoms with Gasteiger partial charge in [-0.3, -0.25) is 13.5 Å². The first kappa shape index (κ1) is 14.7. The smallest absolute Gasteiger partial charge is 0.300 e. The van der Waals surface area contributed by atoms with E-state index in [0.29, 0.717) is 6.54 Å². The number of ether oxygens (including phenoxy) is 1. The van der Waals surface area contributed by atoms with E-state index >= 15 is 0 Å². The standard InChI is InChI=1S/C14H14N2O5S/c1-10-2-4-12(5-3-10)22(18,19)20-9-11-8-16-7-6-13(17)15-14(16)21-11/h2-7,11H,8-9H2,1H3. The number of hydrogen-bond acceptors (Lipinski definition) is 6. The number of hydrogen-bond donors (Lipinski definition) is 0. The third-order valence-electron chi connectivity index (χ3n) is 3.24. The van der Waals surface area contributed by atoms with Gasteiger partial charge in [-0.2, -0.15) is 13.4 Å². The predicted molar refractivity (Wildman–Crippen MR) is 77.2 cm³/mol. The highest BCUT2D eigenvalue weighted by Gasteiger charge is 2.26. The molecule has 0 radical (unpaired) electrons. The van der Waals surface area contributed by atoms with E-state index in [0.717, 1.165) is 5.56 Å². The van der Waals surface area contributed by atoms with Crippen molar-refractivity contribution in [3.63, 3.8) is 0 Å². The number of aromatic nitrogens is 2. The number of nitrogens with zero attached hydrogens (tertiary/aromatic N) is 2. The molecule has 2 heterocycles. The summed E-state index contributed by atoms with van der Waals surface area (Å²) in [7, 11) is -3.83. The van der Waals surface area contributed by atoms with E-state index in [9.17, 15) is 13.2 Å². The Balaban J connectivity index is 1.66. The van der Waals surface area contributed by atoms with Crippen LogP contribution in [0.2, 0.25) is 0 Å². The van der Waals surface area contributed by atoms with Crippen molar-refractivity contribution in [3.05, 3.63) is 52.4 Å². The molecule has 0 saturated carbocycles. The summed E-state index contributed by atoms with van der Waals surface area (Å²) in [5, 5.41) is 0. The van der Waals surface area contributed by atoms with Crippen molar-refractivity contribution >= 4 is 10.1 Å². The number of rotatable bonds is 4. The molecule has 0 bridgehead atoms. The molecule has 0 N–H and O–H groups in total. The number of aryl methyl sites for hydroxylation is 1. The van der Waals surface area contributed by atoms with Gasteiger partial charge in [0.1, 0.15) is 12.7 Å². The fourth-order valence-corrected chi connectivity index (χ4v) is 3.01. The van der Waals surface area contributed by atoms with Crippen LogP contribution in [0.1, 0.15) is 5.56 Å². The number of benzene rings is 1. The summed E-state index contributed by atoms with van der Waals surface area (Å²) in [6, 6.07) is 7.89. The second kappa shape index (κ2) is 5.54. The van der Waals surface area contributed by atoms with Crippen LogP contribution in [-0.4, -0.2) is 30.7 Å². The molecule has 0 saturated heterocycles. The van der Waals surface area contributed by atoms with Gasteiger partial charge in [0.15, 0.2) is 0 Å². The molecule has 0 fully saturated rings.